The van der Waals surface area contributed by atoms with Crippen molar-refractivity contribution in [1.82, 2.24) is 0 Å². The van der Waals surface area contributed by atoms with Gasteiger partial charge in [0.05, 0.1) is 44.7 Å². The fourth-order valence-corrected chi connectivity index (χ4v) is 3.57. The highest BCUT2D eigenvalue weighted by atomic mass is 16.6. The molecule has 5 unspecified atom stereocenters. The number of hydrogen-bond donors (Lipinski definition) is 1. The Morgan fingerprint density at radius 2 is 1.00 bits per heavy atom. The zero-order valence-corrected chi connectivity index (χ0v) is 20.6. The SMILES string of the molecule is CC(C)CC(C)OCC(O)COCC(COC(C)CC(C)C)OC(C)CC(C)C. The van der Waals surface area contributed by atoms with Crippen LogP contribution in [0.15, 0.2) is 0 Å². The maximum atomic E-state index is 10.1. The lowest BCUT2D eigenvalue weighted by atomic mass is 10.1. The zero-order valence-electron chi connectivity index (χ0n) is 20.6. The van der Waals surface area contributed by atoms with E-state index in [9.17, 15) is 5.11 Å². The second-order valence-corrected chi connectivity index (χ2v) is 9.94. The summed E-state index contributed by atoms with van der Waals surface area (Å²) in [5.41, 5.74) is 0. The van der Waals surface area contributed by atoms with Crippen LogP contribution in [-0.2, 0) is 18.9 Å². The predicted molar refractivity (Wildman–Crippen MR) is 120 cm³/mol. The molecule has 0 aromatic carbocycles. The van der Waals surface area contributed by atoms with Gasteiger partial charge in [0.2, 0.25) is 0 Å². The molecule has 176 valence electrons. The van der Waals surface area contributed by atoms with Gasteiger partial charge in [0.1, 0.15) is 12.2 Å². The van der Waals surface area contributed by atoms with Gasteiger partial charge in [0.15, 0.2) is 0 Å². The van der Waals surface area contributed by atoms with Gasteiger partial charge in [-0.2, -0.15) is 0 Å². The van der Waals surface area contributed by atoms with Crippen molar-refractivity contribution in [2.45, 2.75) is 112 Å². The molecule has 0 aromatic heterocycles. The van der Waals surface area contributed by atoms with Gasteiger partial charge in [-0.05, 0) is 57.8 Å². The second-order valence-electron chi connectivity index (χ2n) is 9.94. The topological polar surface area (TPSA) is 57.2 Å². The summed E-state index contributed by atoms with van der Waals surface area (Å²) in [6.45, 7) is 20.9. The minimum Gasteiger partial charge on any atom is -0.388 e. The highest BCUT2D eigenvalue weighted by molar-refractivity contribution is 4.65. The van der Waals surface area contributed by atoms with E-state index in [1.54, 1.807) is 0 Å². The first-order chi connectivity index (χ1) is 13.5. The third-order valence-electron chi connectivity index (χ3n) is 4.59. The van der Waals surface area contributed by atoms with Crippen LogP contribution in [0.4, 0.5) is 0 Å². The van der Waals surface area contributed by atoms with Crippen LogP contribution in [0.5, 0.6) is 0 Å². The largest absolute Gasteiger partial charge is 0.388 e. The number of hydrogen-bond acceptors (Lipinski definition) is 5. The third-order valence-corrected chi connectivity index (χ3v) is 4.59. The Labute approximate surface area is 180 Å². The lowest BCUT2D eigenvalue weighted by molar-refractivity contribution is -0.115. The molecule has 0 fully saturated rings. The standard InChI is InChI=1S/C24H50O5/c1-17(2)10-20(7)27-14-23(25)13-26-15-24(29-22(9)12-19(5)6)16-28-21(8)11-18(3)4/h17-25H,10-16H2,1-9H3. The Morgan fingerprint density at radius 1 is 0.552 bits per heavy atom. The van der Waals surface area contributed by atoms with E-state index in [1.807, 2.05) is 6.92 Å². The van der Waals surface area contributed by atoms with E-state index in [0.717, 1.165) is 19.3 Å². The van der Waals surface area contributed by atoms with Gasteiger partial charge in [-0.1, -0.05) is 41.5 Å². The van der Waals surface area contributed by atoms with Crippen molar-refractivity contribution >= 4 is 0 Å². The lowest BCUT2D eigenvalue weighted by Crippen LogP contribution is -2.33. The summed E-state index contributed by atoms with van der Waals surface area (Å²) in [6.07, 6.45) is 2.75. The van der Waals surface area contributed by atoms with E-state index in [4.69, 9.17) is 18.9 Å². The lowest BCUT2D eigenvalue weighted by Gasteiger charge is -2.26. The molecular formula is C24H50O5. The highest BCUT2D eigenvalue weighted by Gasteiger charge is 2.18. The van der Waals surface area contributed by atoms with Gasteiger partial charge < -0.3 is 24.1 Å². The van der Waals surface area contributed by atoms with E-state index in [1.165, 1.54) is 0 Å². The molecule has 0 spiro atoms. The number of rotatable bonds is 18. The summed E-state index contributed by atoms with van der Waals surface area (Å²) >= 11 is 0. The van der Waals surface area contributed by atoms with Crippen LogP contribution in [0.2, 0.25) is 0 Å². The third kappa shape index (κ3) is 18.3. The van der Waals surface area contributed by atoms with Crippen LogP contribution in [-0.4, -0.2) is 62.1 Å². The fraction of sp³-hybridized carbons (Fsp3) is 1.00. The van der Waals surface area contributed by atoms with Gasteiger partial charge in [0, 0.05) is 0 Å². The Hall–Kier alpha value is -0.200. The Bertz CT molecular complexity index is 372. The summed E-state index contributed by atoms with van der Waals surface area (Å²) in [5, 5.41) is 10.1. The fourth-order valence-electron chi connectivity index (χ4n) is 3.57. The number of ether oxygens (including phenoxy) is 4. The molecule has 0 bridgehead atoms. The normalized spacial score (nSPS) is 17.7. The molecule has 29 heavy (non-hydrogen) atoms. The molecule has 5 nitrogen and oxygen atoms in total. The first-order valence-corrected chi connectivity index (χ1v) is 11.6. The van der Waals surface area contributed by atoms with Crippen molar-refractivity contribution in [3.63, 3.8) is 0 Å². The molecule has 1 N–H and O–H groups in total. The van der Waals surface area contributed by atoms with Crippen LogP contribution < -0.4 is 0 Å². The molecule has 0 saturated heterocycles. The predicted octanol–water partition coefficient (Wildman–Crippen LogP) is 5.09. The van der Waals surface area contributed by atoms with Crippen LogP contribution >= 0.6 is 0 Å². The van der Waals surface area contributed by atoms with Crippen LogP contribution in [0.3, 0.4) is 0 Å². The highest BCUT2D eigenvalue weighted by Crippen LogP contribution is 2.13. The minimum absolute atomic E-state index is 0.133. The van der Waals surface area contributed by atoms with Crippen molar-refractivity contribution in [2.24, 2.45) is 17.8 Å². The van der Waals surface area contributed by atoms with Gasteiger partial charge in [-0.25, -0.2) is 0 Å². The minimum atomic E-state index is -0.626. The van der Waals surface area contributed by atoms with Crippen molar-refractivity contribution in [3.8, 4) is 0 Å². The summed E-state index contributed by atoms with van der Waals surface area (Å²) in [5.74, 6) is 1.77. The van der Waals surface area contributed by atoms with Crippen molar-refractivity contribution in [3.05, 3.63) is 0 Å². The van der Waals surface area contributed by atoms with Gasteiger partial charge in [-0.15, -0.1) is 0 Å². The van der Waals surface area contributed by atoms with Crippen molar-refractivity contribution in [2.75, 3.05) is 26.4 Å². The Balaban J connectivity index is 4.36. The quantitative estimate of drug-likeness (QED) is 0.336. The molecule has 5 heteroatoms. The van der Waals surface area contributed by atoms with E-state index in [0.29, 0.717) is 37.6 Å². The first-order valence-electron chi connectivity index (χ1n) is 11.6. The molecule has 0 aliphatic heterocycles. The summed E-state index contributed by atoms with van der Waals surface area (Å²) < 4.78 is 23.6. The van der Waals surface area contributed by atoms with Gasteiger partial charge in [0.25, 0.3) is 0 Å². The summed E-state index contributed by atoms with van der Waals surface area (Å²) in [7, 11) is 0. The van der Waals surface area contributed by atoms with Gasteiger partial charge in [-0.3, -0.25) is 0 Å². The zero-order chi connectivity index (χ0) is 22.4. The van der Waals surface area contributed by atoms with Crippen LogP contribution in [0.1, 0.15) is 81.6 Å². The summed E-state index contributed by atoms with van der Waals surface area (Å²) in [6, 6.07) is 0. The Morgan fingerprint density at radius 3 is 1.48 bits per heavy atom. The molecule has 0 amide bonds. The maximum Gasteiger partial charge on any atom is 0.104 e. The Kier molecular flexibility index (Phi) is 16.4. The van der Waals surface area contributed by atoms with E-state index in [2.05, 4.69) is 55.4 Å². The van der Waals surface area contributed by atoms with E-state index < -0.39 is 6.10 Å². The first kappa shape index (κ1) is 28.8. The van der Waals surface area contributed by atoms with Crippen LogP contribution in [0, 0.1) is 17.8 Å². The molecule has 0 rings (SSSR count). The molecule has 0 heterocycles. The van der Waals surface area contributed by atoms with Crippen LogP contribution in [0.25, 0.3) is 0 Å². The monoisotopic (exact) mass is 418 g/mol. The molecule has 0 radical (unpaired) electrons. The van der Waals surface area contributed by atoms with E-state index in [-0.39, 0.29) is 31.0 Å². The smallest absolute Gasteiger partial charge is 0.104 e. The molecule has 5 atom stereocenters. The number of aliphatic hydroxyl groups excluding tert-OH is 1. The van der Waals surface area contributed by atoms with Crippen molar-refractivity contribution < 1.29 is 24.1 Å². The molecule has 0 aromatic rings. The molecule has 0 aliphatic rings. The van der Waals surface area contributed by atoms with Crippen molar-refractivity contribution in [1.29, 1.82) is 0 Å². The average Bonchev–Trinajstić information content (AvgIpc) is 2.55. The average molecular weight is 419 g/mol. The maximum absolute atomic E-state index is 10.1. The number of aliphatic hydroxyl groups is 1. The molecule has 0 saturated carbocycles. The second kappa shape index (κ2) is 16.5. The van der Waals surface area contributed by atoms with Gasteiger partial charge >= 0.3 is 0 Å². The van der Waals surface area contributed by atoms with E-state index >= 15 is 0 Å². The molecular weight excluding hydrogens is 368 g/mol. The summed E-state index contributed by atoms with van der Waals surface area (Å²) in [4.78, 5) is 0. The molecule has 0 aliphatic carbocycles.